The molecule has 1 aliphatic heterocycles. The highest BCUT2D eigenvalue weighted by molar-refractivity contribution is 5.78. The first-order valence-electron chi connectivity index (χ1n) is 6.45. The molecule has 7 nitrogen and oxygen atoms in total. The standard InChI is InChI=1S/C13H17N3O4/c1-10-11(16(18)19)3-2-4-12(10)20-9-13(17)15-7-5-14-6-8-15/h2-4,14H,5-9H2,1H3. The Labute approximate surface area is 116 Å². The molecule has 1 aliphatic rings. The van der Waals surface area contributed by atoms with Crippen molar-refractivity contribution >= 4 is 11.6 Å². The van der Waals surface area contributed by atoms with Crippen LogP contribution in [0.15, 0.2) is 18.2 Å². The Morgan fingerprint density at radius 1 is 1.45 bits per heavy atom. The summed E-state index contributed by atoms with van der Waals surface area (Å²) in [6.07, 6.45) is 0. The Morgan fingerprint density at radius 3 is 2.80 bits per heavy atom. The van der Waals surface area contributed by atoms with E-state index in [9.17, 15) is 14.9 Å². The lowest BCUT2D eigenvalue weighted by Gasteiger charge is -2.27. The van der Waals surface area contributed by atoms with E-state index < -0.39 is 4.92 Å². The molecule has 1 aromatic rings. The van der Waals surface area contributed by atoms with E-state index in [0.29, 0.717) is 24.4 Å². The van der Waals surface area contributed by atoms with Crippen LogP contribution in [0.25, 0.3) is 0 Å². The highest BCUT2D eigenvalue weighted by atomic mass is 16.6. The Morgan fingerprint density at radius 2 is 2.15 bits per heavy atom. The van der Waals surface area contributed by atoms with Gasteiger partial charge >= 0.3 is 0 Å². The van der Waals surface area contributed by atoms with Crippen LogP contribution in [0, 0.1) is 17.0 Å². The van der Waals surface area contributed by atoms with Gasteiger partial charge in [0.15, 0.2) is 6.61 Å². The monoisotopic (exact) mass is 279 g/mol. The van der Waals surface area contributed by atoms with E-state index in [1.807, 2.05) is 0 Å². The number of carbonyl (C=O) groups excluding carboxylic acids is 1. The van der Waals surface area contributed by atoms with Gasteiger partial charge in [0.25, 0.3) is 11.6 Å². The first kappa shape index (κ1) is 14.3. The van der Waals surface area contributed by atoms with Crippen molar-refractivity contribution in [3.8, 4) is 5.75 Å². The third kappa shape index (κ3) is 3.24. The molecule has 0 spiro atoms. The van der Waals surface area contributed by atoms with E-state index in [1.165, 1.54) is 6.07 Å². The highest BCUT2D eigenvalue weighted by Crippen LogP contribution is 2.26. The molecule has 20 heavy (non-hydrogen) atoms. The molecule has 0 bridgehead atoms. The summed E-state index contributed by atoms with van der Waals surface area (Å²) < 4.78 is 5.43. The van der Waals surface area contributed by atoms with Gasteiger partial charge in [0, 0.05) is 32.2 Å². The number of carbonyl (C=O) groups is 1. The van der Waals surface area contributed by atoms with Crippen molar-refractivity contribution in [2.45, 2.75) is 6.92 Å². The topological polar surface area (TPSA) is 84.7 Å². The molecule has 1 amide bonds. The molecule has 1 fully saturated rings. The predicted octanol–water partition coefficient (Wildman–Crippen LogP) is 0.714. The molecule has 108 valence electrons. The van der Waals surface area contributed by atoms with Crippen LogP contribution < -0.4 is 10.1 Å². The SMILES string of the molecule is Cc1c(OCC(=O)N2CCNCC2)cccc1[N+](=O)[O-]. The minimum Gasteiger partial charge on any atom is -0.483 e. The maximum absolute atomic E-state index is 11.9. The average molecular weight is 279 g/mol. The molecule has 1 N–H and O–H groups in total. The van der Waals surface area contributed by atoms with E-state index in [0.717, 1.165) is 13.1 Å². The van der Waals surface area contributed by atoms with Gasteiger partial charge in [-0.15, -0.1) is 0 Å². The Hall–Kier alpha value is -2.15. The normalized spacial score (nSPS) is 14.9. The number of amides is 1. The van der Waals surface area contributed by atoms with Gasteiger partial charge in [0.1, 0.15) is 5.75 Å². The first-order chi connectivity index (χ1) is 9.59. The van der Waals surface area contributed by atoms with Crippen molar-refractivity contribution in [1.82, 2.24) is 10.2 Å². The average Bonchev–Trinajstić information content (AvgIpc) is 2.46. The maximum Gasteiger partial charge on any atom is 0.276 e. The summed E-state index contributed by atoms with van der Waals surface area (Å²) >= 11 is 0. The number of nitrogens with one attached hydrogen (secondary N) is 1. The minimum atomic E-state index is -0.458. The number of benzene rings is 1. The van der Waals surface area contributed by atoms with Crippen LogP contribution in [0.1, 0.15) is 5.56 Å². The smallest absolute Gasteiger partial charge is 0.276 e. The molecule has 1 saturated heterocycles. The molecular weight excluding hydrogens is 262 g/mol. The molecule has 1 aromatic carbocycles. The van der Waals surface area contributed by atoms with Crippen LogP contribution in [-0.2, 0) is 4.79 Å². The van der Waals surface area contributed by atoms with Gasteiger partial charge in [-0.05, 0) is 13.0 Å². The van der Waals surface area contributed by atoms with E-state index >= 15 is 0 Å². The number of hydrogen-bond donors (Lipinski definition) is 1. The zero-order valence-corrected chi connectivity index (χ0v) is 11.3. The van der Waals surface area contributed by atoms with Gasteiger partial charge in [-0.2, -0.15) is 0 Å². The molecule has 0 radical (unpaired) electrons. The fourth-order valence-corrected chi connectivity index (χ4v) is 2.10. The number of nitro benzene ring substituents is 1. The lowest BCUT2D eigenvalue weighted by Crippen LogP contribution is -2.47. The Bertz CT molecular complexity index is 512. The van der Waals surface area contributed by atoms with Crippen molar-refractivity contribution in [2.24, 2.45) is 0 Å². The largest absolute Gasteiger partial charge is 0.483 e. The Balaban J connectivity index is 1.98. The first-order valence-corrected chi connectivity index (χ1v) is 6.45. The van der Waals surface area contributed by atoms with E-state index in [1.54, 1.807) is 24.0 Å². The molecule has 0 aromatic heterocycles. The number of hydrogen-bond acceptors (Lipinski definition) is 5. The van der Waals surface area contributed by atoms with Crippen LogP contribution in [0.2, 0.25) is 0 Å². The van der Waals surface area contributed by atoms with E-state index in [2.05, 4.69) is 5.32 Å². The Kier molecular flexibility index (Phi) is 4.52. The predicted molar refractivity (Wildman–Crippen MR) is 72.8 cm³/mol. The minimum absolute atomic E-state index is 0.00267. The fourth-order valence-electron chi connectivity index (χ4n) is 2.10. The third-order valence-electron chi connectivity index (χ3n) is 3.27. The van der Waals surface area contributed by atoms with Crippen molar-refractivity contribution in [2.75, 3.05) is 32.8 Å². The molecule has 0 aliphatic carbocycles. The number of piperazine rings is 1. The van der Waals surface area contributed by atoms with Crippen molar-refractivity contribution in [3.63, 3.8) is 0 Å². The van der Waals surface area contributed by atoms with Crippen LogP contribution in [0.5, 0.6) is 5.75 Å². The zero-order valence-electron chi connectivity index (χ0n) is 11.3. The second-order valence-corrected chi connectivity index (χ2v) is 4.58. The molecule has 0 saturated carbocycles. The van der Waals surface area contributed by atoms with E-state index in [4.69, 9.17) is 4.74 Å². The van der Waals surface area contributed by atoms with Crippen LogP contribution in [-0.4, -0.2) is 48.5 Å². The fraction of sp³-hybridized carbons (Fsp3) is 0.462. The van der Waals surface area contributed by atoms with Crippen LogP contribution >= 0.6 is 0 Å². The zero-order chi connectivity index (χ0) is 14.5. The molecular formula is C13H17N3O4. The number of nitrogens with zero attached hydrogens (tertiary/aromatic N) is 2. The molecule has 7 heteroatoms. The number of ether oxygens (including phenoxy) is 1. The molecule has 1 heterocycles. The van der Waals surface area contributed by atoms with Crippen molar-refractivity contribution in [3.05, 3.63) is 33.9 Å². The maximum atomic E-state index is 11.9. The summed E-state index contributed by atoms with van der Waals surface area (Å²) in [5.74, 6) is 0.278. The lowest BCUT2D eigenvalue weighted by atomic mass is 10.2. The van der Waals surface area contributed by atoms with Gasteiger partial charge in [-0.1, -0.05) is 6.07 Å². The summed E-state index contributed by atoms with van der Waals surface area (Å²) in [6.45, 7) is 4.40. The lowest BCUT2D eigenvalue weighted by molar-refractivity contribution is -0.385. The quantitative estimate of drug-likeness (QED) is 0.648. The second-order valence-electron chi connectivity index (χ2n) is 4.58. The van der Waals surface area contributed by atoms with Gasteiger partial charge in [0.2, 0.25) is 0 Å². The van der Waals surface area contributed by atoms with Gasteiger partial charge < -0.3 is 15.0 Å². The van der Waals surface area contributed by atoms with E-state index in [-0.39, 0.29) is 18.2 Å². The summed E-state index contributed by atoms with van der Waals surface area (Å²) in [5.41, 5.74) is 0.433. The highest BCUT2D eigenvalue weighted by Gasteiger charge is 2.18. The third-order valence-corrected chi connectivity index (χ3v) is 3.27. The summed E-state index contributed by atoms with van der Waals surface area (Å²) in [7, 11) is 0. The second kappa shape index (κ2) is 6.33. The molecule has 0 unspecified atom stereocenters. The van der Waals surface area contributed by atoms with Gasteiger partial charge in [-0.25, -0.2) is 0 Å². The van der Waals surface area contributed by atoms with Crippen LogP contribution in [0.4, 0.5) is 5.69 Å². The molecule has 0 atom stereocenters. The summed E-state index contributed by atoms with van der Waals surface area (Å²) in [6, 6.07) is 4.60. The van der Waals surface area contributed by atoms with Crippen molar-refractivity contribution < 1.29 is 14.5 Å². The summed E-state index contributed by atoms with van der Waals surface area (Å²) in [5, 5.41) is 14.0. The number of rotatable bonds is 4. The van der Waals surface area contributed by atoms with Crippen molar-refractivity contribution in [1.29, 1.82) is 0 Å². The number of nitro groups is 1. The summed E-state index contributed by atoms with van der Waals surface area (Å²) in [4.78, 5) is 24.0. The van der Waals surface area contributed by atoms with Gasteiger partial charge in [-0.3, -0.25) is 14.9 Å². The molecule has 2 rings (SSSR count). The van der Waals surface area contributed by atoms with Crippen LogP contribution in [0.3, 0.4) is 0 Å². The van der Waals surface area contributed by atoms with Gasteiger partial charge in [0.05, 0.1) is 10.5 Å².